The number of benzene rings is 2. The minimum atomic E-state index is -0.210. The number of amides is 2. The molecule has 5 heteroatoms. The van der Waals surface area contributed by atoms with Crippen LogP contribution >= 0.6 is 0 Å². The van der Waals surface area contributed by atoms with Crippen LogP contribution in [-0.4, -0.2) is 18.9 Å². The van der Waals surface area contributed by atoms with Crippen LogP contribution in [0.4, 0.5) is 11.4 Å². The van der Waals surface area contributed by atoms with E-state index in [4.69, 9.17) is 4.74 Å². The van der Waals surface area contributed by atoms with Gasteiger partial charge in [-0.25, -0.2) is 0 Å². The molecule has 23 heavy (non-hydrogen) atoms. The Balaban J connectivity index is 1.66. The number of nitrogens with one attached hydrogen (secondary N) is 2. The van der Waals surface area contributed by atoms with E-state index in [2.05, 4.69) is 10.6 Å². The highest BCUT2D eigenvalue weighted by molar-refractivity contribution is 6.04. The van der Waals surface area contributed by atoms with Gasteiger partial charge >= 0.3 is 0 Å². The van der Waals surface area contributed by atoms with E-state index >= 15 is 0 Å². The molecular weight excluding hydrogens is 292 g/mol. The molecule has 2 aromatic rings. The van der Waals surface area contributed by atoms with Gasteiger partial charge in [0.25, 0.3) is 5.91 Å². The topological polar surface area (TPSA) is 67.4 Å². The van der Waals surface area contributed by atoms with Crippen LogP contribution in [-0.2, 0) is 4.79 Å². The largest absolute Gasteiger partial charge is 0.497 e. The summed E-state index contributed by atoms with van der Waals surface area (Å²) in [7, 11) is 1.58. The average molecular weight is 310 g/mol. The Kier molecular flexibility index (Phi) is 4.28. The highest BCUT2D eigenvalue weighted by Gasteiger charge is 2.29. The Morgan fingerprint density at radius 3 is 2.26 bits per heavy atom. The van der Waals surface area contributed by atoms with Crippen LogP contribution in [0.1, 0.15) is 23.2 Å². The van der Waals surface area contributed by atoms with Crippen LogP contribution in [0.3, 0.4) is 0 Å². The third-order valence-corrected chi connectivity index (χ3v) is 3.69. The molecule has 0 saturated heterocycles. The van der Waals surface area contributed by atoms with Gasteiger partial charge in [0.2, 0.25) is 5.91 Å². The molecule has 0 aromatic heterocycles. The fourth-order valence-electron chi connectivity index (χ4n) is 2.21. The monoisotopic (exact) mass is 310 g/mol. The fraction of sp³-hybridized carbons (Fsp3) is 0.222. The lowest BCUT2D eigenvalue weighted by molar-refractivity contribution is -0.117. The molecule has 1 saturated carbocycles. The van der Waals surface area contributed by atoms with Crippen molar-refractivity contribution in [2.75, 3.05) is 17.7 Å². The van der Waals surface area contributed by atoms with Gasteiger partial charge < -0.3 is 15.4 Å². The predicted molar refractivity (Wildman–Crippen MR) is 88.7 cm³/mol. The van der Waals surface area contributed by atoms with E-state index in [9.17, 15) is 9.59 Å². The zero-order chi connectivity index (χ0) is 16.2. The van der Waals surface area contributed by atoms with E-state index in [0.717, 1.165) is 12.8 Å². The molecule has 0 spiro atoms. The molecule has 5 nitrogen and oxygen atoms in total. The van der Waals surface area contributed by atoms with Crippen molar-refractivity contribution in [1.82, 2.24) is 0 Å². The minimum absolute atomic E-state index is 0.0450. The predicted octanol–water partition coefficient (Wildman–Crippen LogP) is 3.30. The summed E-state index contributed by atoms with van der Waals surface area (Å²) >= 11 is 0. The summed E-state index contributed by atoms with van der Waals surface area (Å²) in [6, 6.07) is 14.0. The second-order valence-corrected chi connectivity index (χ2v) is 5.53. The quantitative estimate of drug-likeness (QED) is 0.890. The number of hydrogen-bond acceptors (Lipinski definition) is 3. The molecule has 0 atom stereocenters. The summed E-state index contributed by atoms with van der Waals surface area (Å²) in [6.07, 6.45) is 1.92. The van der Waals surface area contributed by atoms with Gasteiger partial charge in [-0.2, -0.15) is 0 Å². The third kappa shape index (κ3) is 3.88. The van der Waals surface area contributed by atoms with Crippen LogP contribution < -0.4 is 15.4 Å². The van der Waals surface area contributed by atoms with Gasteiger partial charge in [0.05, 0.1) is 7.11 Å². The zero-order valence-corrected chi connectivity index (χ0v) is 12.8. The minimum Gasteiger partial charge on any atom is -0.497 e. The van der Waals surface area contributed by atoms with Gasteiger partial charge in [0.15, 0.2) is 0 Å². The molecule has 0 heterocycles. The summed E-state index contributed by atoms with van der Waals surface area (Å²) in [5, 5.41) is 5.69. The summed E-state index contributed by atoms with van der Waals surface area (Å²) < 4.78 is 5.07. The third-order valence-electron chi connectivity index (χ3n) is 3.69. The summed E-state index contributed by atoms with van der Waals surface area (Å²) in [5.74, 6) is 0.681. The Morgan fingerprint density at radius 1 is 1.00 bits per heavy atom. The van der Waals surface area contributed by atoms with Crippen molar-refractivity contribution in [3.63, 3.8) is 0 Å². The number of anilines is 2. The smallest absolute Gasteiger partial charge is 0.255 e. The molecule has 118 valence electrons. The number of methoxy groups -OCH3 is 1. The van der Waals surface area contributed by atoms with Crippen LogP contribution in [0.15, 0.2) is 48.5 Å². The zero-order valence-electron chi connectivity index (χ0n) is 12.8. The van der Waals surface area contributed by atoms with Crippen molar-refractivity contribution in [2.45, 2.75) is 12.8 Å². The van der Waals surface area contributed by atoms with E-state index < -0.39 is 0 Å². The molecular formula is C18H18N2O3. The van der Waals surface area contributed by atoms with E-state index in [0.29, 0.717) is 22.7 Å². The molecule has 1 fully saturated rings. The maximum atomic E-state index is 12.2. The average Bonchev–Trinajstić information content (AvgIpc) is 3.40. The van der Waals surface area contributed by atoms with Crippen molar-refractivity contribution < 1.29 is 14.3 Å². The molecule has 0 aliphatic heterocycles. The molecule has 1 aliphatic rings. The van der Waals surface area contributed by atoms with E-state index in [-0.39, 0.29) is 17.7 Å². The van der Waals surface area contributed by atoms with Crippen molar-refractivity contribution >= 4 is 23.2 Å². The van der Waals surface area contributed by atoms with Crippen LogP contribution in [0.2, 0.25) is 0 Å². The highest BCUT2D eigenvalue weighted by Crippen LogP contribution is 2.30. The lowest BCUT2D eigenvalue weighted by Gasteiger charge is -2.09. The van der Waals surface area contributed by atoms with Gasteiger partial charge in [0, 0.05) is 22.9 Å². The summed E-state index contributed by atoms with van der Waals surface area (Å²) in [5.41, 5.74) is 1.87. The van der Waals surface area contributed by atoms with Crippen LogP contribution in [0.5, 0.6) is 5.75 Å². The lowest BCUT2D eigenvalue weighted by Crippen LogP contribution is -2.14. The van der Waals surface area contributed by atoms with Gasteiger partial charge in [-0.15, -0.1) is 0 Å². The molecule has 2 amide bonds. The maximum absolute atomic E-state index is 12.2. The molecule has 0 unspecified atom stereocenters. The molecule has 3 rings (SSSR count). The van der Waals surface area contributed by atoms with Crippen molar-refractivity contribution in [2.24, 2.45) is 5.92 Å². The van der Waals surface area contributed by atoms with Gasteiger partial charge in [-0.05, 0) is 55.3 Å². The standard InChI is InChI=1S/C18H18N2O3/c1-23-16-9-7-13(8-10-16)18(22)20-15-4-2-3-14(11-15)19-17(21)12-5-6-12/h2-4,7-12H,5-6H2,1H3,(H,19,21)(H,20,22). The number of rotatable bonds is 5. The molecule has 2 N–H and O–H groups in total. The fourth-order valence-corrected chi connectivity index (χ4v) is 2.21. The Labute approximate surface area is 134 Å². The SMILES string of the molecule is COc1ccc(C(=O)Nc2cccc(NC(=O)C3CC3)c2)cc1. The first-order chi connectivity index (χ1) is 11.2. The van der Waals surface area contributed by atoms with Crippen molar-refractivity contribution in [3.05, 3.63) is 54.1 Å². The van der Waals surface area contributed by atoms with Crippen LogP contribution in [0.25, 0.3) is 0 Å². The molecule has 2 aromatic carbocycles. The normalized spacial score (nSPS) is 13.3. The Hall–Kier alpha value is -2.82. The lowest BCUT2D eigenvalue weighted by atomic mass is 10.2. The van der Waals surface area contributed by atoms with E-state index in [1.807, 2.05) is 6.07 Å². The first kappa shape index (κ1) is 15.1. The van der Waals surface area contributed by atoms with Gasteiger partial charge in [-0.3, -0.25) is 9.59 Å². The van der Waals surface area contributed by atoms with Gasteiger partial charge in [-0.1, -0.05) is 6.07 Å². The van der Waals surface area contributed by atoms with Crippen molar-refractivity contribution in [1.29, 1.82) is 0 Å². The Bertz CT molecular complexity index is 721. The maximum Gasteiger partial charge on any atom is 0.255 e. The van der Waals surface area contributed by atoms with Crippen LogP contribution in [0, 0.1) is 5.92 Å². The summed E-state index contributed by atoms with van der Waals surface area (Å²) in [4.78, 5) is 24.0. The molecule has 0 radical (unpaired) electrons. The summed E-state index contributed by atoms with van der Waals surface area (Å²) in [6.45, 7) is 0. The van der Waals surface area contributed by atoms with E-state index in [1.54, 1.807) is 49.6 Å². The number of hydrogen-bond donors (Lipinski definition) is 2. The first-order valence-electron chi connectivity index (χ1n) is 7.52. The first-order valence-corrected chi connectivity index (χ1v) is 7.52. The Morgan fingerprint density at radius 2 is 1.65 bits per heavy atom. The second-order valence-electron chi connectivity index (χ2n) is 5.53. The molecule has 1 aliphatic carbocycles. The van der Waals surface area contributed by atoms with Gasteiger partial charge in [0.1, 0.15) is 5.75 Å². The highest BCUT2D eigenvalue weighted by atomic mass is 16.5. The number of carbonyl (C=O) groups excluding carboxylic acids is 2. The van der Waals surface area contributed by atoms with E-state index in [1.165, 1.54) is 0 Å². The number of ether oxygens (including phenoxy) is 1. The van der Waals surface area contributed by atoms with Crippen molar-refractivity contribution in [3.8, 4) is 5.75 Å². The number of carbonyl (C=O) groups is 2. The molecule has 0 bridgehead atoms. The second kappa shape index (κ2) is 6.52.